The van der Waals surface area contributed by atoms with Gasteiger partial charge in [0.05, 0.1) is 6.42 Å². The van der Waals surface area contributed by atoms with Gasteiger partial charge >= 0.3 is 0 Å². The lowest BCUT2D eigenvalue weighted by Crippen LogP contribution is -2.07. The molecule has 0 radical (unpaired) electrons. The van der Waals surface area contributed by atoms with Crippen LogP contribution < -0.4 is 0 Å². The van der Waals surface area contributed by atoms with E-state index in [-0.39, 0.29) is 18.0 Å². The van der Waals surface area contributed by atoms with Gasteiger partial charge in [-0.2, -0.15) is 0 Å². The van der Waals surface area contributed by atoms with Crippen molar-refractivity contribution in [3.05, 3.63) is 0 Å². The second-order valence-electron chi connectivity index (χ2n) is 10.5. The summed E-state index contributed by atoms with van der Waals surface area (Å²) < 4.78 is 0. The summed E-state index contributed by atoms with van der Waals surface area (Å²) in [6.07, 6.45) is 32.9. The van der Waals surface area contributed by atoms with E-state index in [2.05, 4.69) is 13.8 Å². The zero-order valence-corrected chi connectivity index (χ0v) is 22.9. The topological polar surface area (TPSA) is 34.1 Å². The zero-order valence-electron chi connectivity index (χ0n) is 22.9. The summed E-state index contributed by atoms with van der Waals surface area (Å²) in [5.74, 6) is 0.342. The Labute approximate surface area is 208 Å². The van der Waals surface area contributed by atoms with Crippen molar-refractivity contribution >= 4 is 11.6 Å². The molecule has 0 bridgehead atoms. The Balaban J connectivity index is 3.28. The van der Waals surface area contributed by atoms with Crippen LogP contribution in [-0.2, 0) is 9.59 Å². The lowest BCUT2D eigenvalue weighted by molar-refractivity contribution is -0.127. The summed E-state index contributed by atoms with van der Waals surface area (Å²) in [7, 11) is 0. The largest absolute Gasteiger partial charge is 0.299 e. The smallest absolute Gasteiger partial charge is 0.140 e. The zero-order chi connectivity index (χ0) is 24.2. The highest BCUT2D eigenvalue weighted by atomic mass is 16.1. The van der Waals surface area contributed by atoms with Gasteiger partial charge < -0.3 is 0 Å². The third kappa shape index (κ3) is 27.5. The van der Waals surface area contributed by atoms with Crippen molar-refractivity contribution in [2.45, 2.75) is 187 Å². The first kappa shape index (κ1) is 32.3. The molecule has 0 amide bonds. The highest BCUT2D eigenvalue weighted by Crippen LogP contribution is 2.15. The Morgan fingerprint density at radius 3 is 0.788 bits per heavy atom. The first-order chi connectivity index (χ1) is 16.2. The minimum Gasteiger partial charge on any atom is -0.299 e. The summed E-state index contributed by atoms with van der Waals surface area (Å²) in [6, 6.07) is 0. The fourth-order valence-corrected chi connectivity index (χ4v) is 4.72. The summed E-state index contributed by atoms with van der Waals surface area (Å²) >= 11 is 0. The molecule has 0 rings (SSSR count). The van der Waals surface area contributed by atoms with Crippen LogP contribution in [0.3, 0.4) is 0 Å². The lowest BCUT2D eigenvalue weighted by Gasteiger charge is -2.04. The van der Waals surface area contributed by atoms with Crippen molar-refractivity contribution in [2.24, 2.45) is 0 Å². The first-order valence-corrected chi connectivity index (χ1v) is 15.2. The standard InChI is InChI=1S/C31H60O2/c1-3-5-7-9-11-13-14-15-16-17-18-20-22-24-26-28-31(33)29-30(32)27-25-23-21-19-12-10-8-6-4-2/h3-29H2,1-2H3. The number of ketones is 2. The van der Waals surface area contributed by atoms with Crippen molar-refractivity contribution in [1.82, 2.24) is 0 Å². The van der Waals surface area contributed by atoms with Gasteiger partial charge in [-0.1, -0.05) is 155 Å². The second kappa shape index (κ2) is 27.6. The van der Waals surface area contributed by atoms with Crippen molar-refractivity contribution in [1.29, 1.82) is 0 Å². The van der Waals surface area contributed by atoms with Crippen molar-refractivity contribution in [2.75, 3.05) is 0 Å². The molecule has 0 saturated heterocycles. The molecule has 2 nitrogen and oxygen atoms in total. The van der Waals surface area contributed by atoms with Crippen molar-refractivity contribution < 1.29 is 9.59 Å². The van der Waals surface area contributed by atoms with Gasteiger partial charge in [-0.05, 0) is 12.8 Å². The summed E-state index contributed by atoms with van der Waals surface area (Å²) in [5, 5.41) is 0. The van der Waals surface area contributed by atoms with Gasteiger partial charge in [0.15, 0.2) is 0 Å². The molecule has 2 heteroatoms. The van der Waals surface area contributed by atoms with Crippen molar-refractivity contribution in [3.8, 4) is 0 Å². The maximum Gasteiger partial charge on any atom is 0.140 e. The van der Waals surface area contributed by atoms with Crippen LogP contribution in [0.2, 0.25) is 0 Å². The Morgan fingerprint density at radius 2 is 0.545 bits per heavy atom. The van der Waals surface area contributed by atoms with Crippen molar-refractivity contribution in [3.63, 3.8) is 0 Å². The molecule has 33 heavy (non-hydrogen) atoms. The number of hydrogen-bond acceptors (Lipinski definition) is 2. The summed E-state index contributed by atoms with van der Waals surface area (Å²) in [6.45, 7) is 4.53. The highest BCUT2D eigenvalue weighted by molar-refractivity contribution is 5.98. The second-order valence-corrected chi connectivity index (χ2v) is 10.5. The number of carbonyl (C=O) groups is 2. The fourth-order valence-electron chi connectivity index (χ4n) is 4.72. The molecule has 0 saturated carbocycles. The van der Waals surface area contributed by atoms with Crippen LogP contribution >= 0.6 is 0 Å². The van der Waals surface area contributed by atoms with E-state index in [0.717, 1.165) is 25.7 Å². The number of hydrogen-bond donors (Lipinski definition) is 0. The fraction of sp³-hybridized carbons (Fsp3) is 0.935. The van der Waals surface area contributed by atoms with Gasteiger partial charge in [-0.3, -0.25) is 9.59 Å². The van der Waals surface area contributed by atoms with E-state index in [1.54, 1.807) is 0 Å². The molecule has 0 atom stereocenters. The molecule has 0 N–H and O–H groups in total. The number of Topliss-reactive ketones (excluding diaryl/α,β-unsaturated/α-hetero) is 2. The molecular formula is C31H60O2. The monoisotopic (exact) mass is 464 g/mol. The lowest BCUT2D eigenvalue weighted by atomic mass is 10.0. The highest BCUT2D eigenvalue weighted by Gasteiger charge is 2.09. The van der Waals surface area contributed by atoms with E-state index in [1.165, 1.54) is 128 Å². The molecule has 0 aliphatic carbocycles. The molecule has 0 spiro atoms. The van der Waals surface area contributed by atoms with E-state index >= 15 is 0 Å². The molecule has 0 fully saturated rings. The predicted octanol–water partition coefficient (Wildman–Crippen LogP) is 10.7. The van der Waals surface area contributed by atoms with E-state index in [1.807, 2.05) is 0 Å². The van der Waals surface area contributed by atoms with Crippen LogP contribution in [0.5, 0.6) is 0 Å². The van der Waals surface area contributed by atoms with Gasteiger partial charge in [-0.15, -0.1) is 0 Å². The molecule has 0 heterocycles. The quantitative estimate of drug-likeness (QED) is 0.0852. The third-order valence-electron chi connectivity index (χ3n) is 7.01. The molecule has 0 aromatic carbocycles. The van der Waals surface area contributed by atoms with Gasteiger partial charge in [0, 0.05) is 12.8 Å². The molecule has 0 aromatic heterocycles. The van der Waals surface area contributed by atoms with Gasteiger partial charge in [0.2, 0.25) is 0 Å². The number of unbranched alkanes of at least 4 members (excludes halogenated alkanes) is 22. The molecule has 196 valence electrons. The Bertz CT molecular complexity index is 415. The molecule has 0 unspecified atom stereocenters. The predicted molar refractivity (Wildman–Crippen MR) is 146 cm³/mol. The normalized spacial score (nSPS) is 11.2. The number of carbonyl (C=O) groups excluding carboxylic acids is 2. The molecule has 0 aromatic rings. The van der Waals surface area contributed by atoms with E-state index in [0.29, 0.717) is 12.8 Å². The van der Waals surface area contributed by atoms with E-state index in [9.17, 15) is 9.59 Å². The minimum atomic E-state index is 0.170. The van der Waals surface area contributed by atoms with E-state index in [4.69, 9.17) is 0 Å². The maximum atomic E-state index is 12.0. The van der Waals surface area contributed by atoms with Gasteiger partial charge in [0.1, 0.15) is 11.6 Å². The van der Waals surface area contributed by atoms with Crippen LogP contribution in [0.4, 0.5) is 0 Å². The molecular weight excluding hydrogens is 404 g/mol. The van der Waals surface area contributed by atoms with E-state index < -0.39 is 0 Å². The Hall–Kier alpha value is -0.660. The minimum absolute atomic E-state index is 0.170. The molecule has 0 aliphatic rings. The van der Waals surface area contributed by atoms with Crippen LogP contribution in [0, 0.1) is 0 Å². The Kier molecular flexibility index (Phi) is 27.0. The first-order valence-electron chi connectivity index (χ1n) is 15.2. The molecule has 0 aliphatic heterocycles. The SMILES string of the molecule is CCCCCCCCCCCCCCCCCC(=O)CC(=O)CCCCCCCCCCC. The van der Waals surface area contributed by atoms with Crippen LogP contribution in [-0.4, -0.2) is 11.6 Å². The number of rotatable bonds is 28. The maximum absolute atomic E-state index is 12.0. The third-order valence-corrected chi connectivity index (χ3v) is 7.01. The Morgan fingerprint density at radius 1 is 0.333 bits per heavy atom. The van der Waals surface area contributed by atoms with Crippen LogP contribution in [0.15, 0.2) is 0 Å². The summed E-state index contributed by atoms with van der Waals surface area (Å²) in [4.78, 5) is 24.0. The van der Waals surface area contributed by atoms with Crippen LogP contribution in [0.25, 0.3) is 0 Å². The average Bonchev–Trinajstić information content (AvgIpc) is 2.80. The van der Waals surface area contributed by atoms with Gasteiger partial charge in [-0.25, -0.2) is 0 Å². The van der Waals surface area contributed by atoms with Gasteiger partial charge in [0.25, 0.3) is 0 Å². The summed E-state index contributed by atoms with van der Waals surface area (Å²) in [5.41, 5.74) is 0. The van der Waals surface area contributed by atoms with Crippen LogP contribution in [0.1, 0.15) is 187 Å². The average molecular weight is 465 g/mol.